The van der Waals surface area contributed by atoms with Crippen LogP contribution in [0.3, 0.4) is 0 Å². The van der Waals surface area contributed by atoms with Crippen molar-refractivity contribution in [2.45, 2.75) is 37.8 Å². The molecule has 1 saturated heterocycles. The van der Waals surface area contributed by atoms with Crippen molar-refractivity contribution in [2.24, 2.45) is 5.73 Å². The fraction of sp³-hybridized carbons (Fsp3) is 0.625. The number of benzene rings is 1. The van der Waals surface area contributed by atoms with Crippen molar-refractivity contribution in [2.75, 3.05) is 31.7 Å². The van der Waals surface area contributed by atoms with Crippen LogP contribution in [0.5, 0.6) is 0 Å². The van der Waals surface area contributed by atoms with Crippen LogP contribution >= 0.6 is 0 Å². The van der Waals surface area contributed by atoms with E-state index in [0.29, 0.717) is 32.6 Å². The molecule has 20 heavy (non-hydrogen) atoms. The maximum atomic E-state index is 10.6. The van der Waals surface area contributed by atoms with Crippen molar-refractivity contribution in [3.05, 3.63) is 29.8 Å². The molecule has 0 amide bonds. The van der Waals surface area contributed by atoms with Gasteiger partial charge in [-0.1, -0.05) is 25.1 Å². The first-order valence-corrected chi connectivity index (χ1v) is 7.41. The zero-order chi connectivity index (χ0) is 14.6. The third-order valence-electron chi connectivity index (χ3n) is 4.14. The maximum Gasteiger partial charge on any atom is 0.0865 e. The molecule has 1 atom stereocenters. The van der Waals surface area contributed by atoms with Gasteiger partial charge in [0, 0.05) is 51.4 Å². The standard InChI is InChI=1S/C16H26N2O2/c1-3-14(17)13-6-4-5-7-15(13)18(2)12-16(19)8-10-20-11-9-16/h4-7,14,19H,3,8-12,17H2,1-2H3/t14-/m0/s1. The first-order chi connectivity index (χ1) is 9.56. The average Bonchev–Trinajstić information content (AvgIpc) is 2.46. The first-order valence-electron chi connectivity index (χ1n) is 7.41. The molecule has 1 heterocycles. The molecule has 3 N–H and O–H groups in total. The van der Waals surface area contributed by atoms with Crippen molar-refractivity contribution in [3.8, 4) is 0 Å². The Morgan fingerprint density at radius 3 is 2.65 bits per heavy atom. The molecule has 0 aromatic heterocycles. The highest BCUT2D eigenvalue weighted by Gasteiger charge is 2.31. The largest absolute Gasteiger partial charge is 0.388 e. The van der Waals surface area contributed by atoms with Crippen molar-refractivity contribution in [3.63, 3.8) is 0 Å². The molecule has 4 nitrogen and oxygen atoms in total. The zero-order valence-electron chi connectivity index (χ0n) is 12.5. The number of aliphatic hydroxyl groups is 1. The molecule has 1 aliphatic heterocycles. The Morgan fingerprint density at radius 2 is 2.00 bits per heavy atom. The predicted octanol–water partition coefficient (Wildman–Crippen LogP) is 2.07. The van der Waals surface area contributed by atoms with Gasteiger partial charge in [0.1, 0.15) is 0 Å². The minimum atomic E-state index is -0.656. The van der Waals surface area contributed by atoms with E-state index in [1.807, 2.05) is 19.2 Å². The molecular weight excluding hydrogens is 252 g/mol. The Bertz CT molecular complexity index is 430. The van der Waals surface area contributed by atoms with Crippen LogP contribution < -0.4 is 10.6 Å². The molecule has 1 aromatic rings. The molecule has 0 bridgehead atoms. The summed E-state index contributed by atoms with van der Waals surface area (Å²) in [7, 11) is 2.02. The second-order valence-electron chi connectivity index (χ2n) is 5.77. The van der Waals surface area contributed by atoms with E-state index >= 15 is 0 Å². The Morgan fingerprint density at radius 1 is 1.35 bits per heavy atom. The van der Waals surface area contributed by atoms with Gasteiger partial charge < -0.3 is 20.5 Å². The van der Waals surface area contributed by atoms with Crippen molar-refractivity contribution < 1.29 is 9.84 Å². The third kappa shape index (κ3) is 3.51. The number of anilines is 1. The Hall–Kier alpha value is -1.10. The molecule has 112 valence electrons. The number of para-hydroxylation sites is 1. The Labute approximate surface area is 121 Å². The van der Waals surface area contributed by atoms with Gasteiger partial charge in [0.15, 0.2) is 0 Å². The normalized spacial score (nSPS) is 19.6. The summed E-state index contributed by atoms with van der Waals surface area (Å²) in [6.07, 6.45) is 2.29. The van der Waals surface area contributed by atoms with E-state index in [2.05, 4.69) is 24.0 Å². The van der Waals surface area contributed by atoms with Crippen molar-refractivity contribution >= 4 is 5.69 Å². The van der Waals surface area contributed by atoms with Gasteiger partial charge in [-0.2, -0.15) is 0 Å². The second-order valence-corrected chi connectivity index (χ2v) is 5.77. The molecule has 1 aromatic carbocycles. The highest BCUT2D eigenvalue weighted by Crippen LogP contribution is 2.29. The number of likely N-dealkylation sites (N-methyl/N-ethyl adjacent to an activating group) is 1. The predicted molar refractivity (Wildman–Crippen MR) is 81.9 cm³/mol. The Balaban J connectivity index is 2.14. The van der Waals surface area contributed by atoms with Crippen LogP contribution in [0.2, 0.25) is 0 Å². The van der Waals surface area contributed by atoms with Gasteiger partial charge in [0.05, 0.1) is 5.60 Å². The van der Waals surface area contributed by atoms with Gasteiger partial charge in [0.25, 0.3) is 0 Å². The van der Waals surface area contributed by atoms with Crippen LogP contribution in [0, 0.1) is 0 Å². The van der Waals surface area contributed by atoms with Crippen LogP contribution in [-0.2, 0) is 4.74 Å². The topological polar surface area (TPSA) is 58.7 Å². The van der Waals surface area contributed by atoms with E-state index in [4.69, 9.17) is 10.5 Å². The van der Waals surface area contributed by atoms with Crippen molar-refractivity contribution in [1.82, 2.24) is 0 Å². The fourth-order valence-electron chi connectivity index (χ4n) is 2.80. The van der Waals surface area contributed by atoms with Gasteiger partial charge in [-0.05, 0) is 18.1 Å². The van der Waals surface area contributed by atoms with Crippen LogP contribution in [0.1, 0.15) is 37.8 Å². The molecule has 1 fully saturated rings. The highest BCUT2D eigenvalue weighted by molar-refractivity contribution is 5.54. The number of ether oxygens (including phenoxy) is 1. The van der Waals surface area contributed by atoms with E-state index in [9.17, 15) is 5.11 Å². The van der Waals surface area contributed by atoms with Gasteiger partial charge in [-0.3, -0.25) is 0 Å². The molecule has 0 aliphatic carbocycles. The summed E-state index contributed by atoms with van der Waals surface area (Å²) in [5.41, 5.74) is 7.79. The smallest absolute Gasteiger partial charge is 0.0865 e. The Kier molecular flexibility index (Phi) is 5.02. The van der Waals surface area contributed by atoms with Crippen LogP contribution in [-0.4, -0.2) is 37.5 Å². The fourth-order valence-corrected chi connectivity index (χ4v) is 2.80. The average molecular weight is 278 g/mol. The monoisotopic (exact) mass is 278 g/mol. The molecular formula is C16H26N2O2. The number of nitrogens with zero attached hydrogens (tertiary/aromatic N) is 1. The molecule has 0 spiro atoms. The lowest BCUT2D eigenvalue weighted by molar-refractivity contribution is -0.0572. The molecule has 0 unspecified atom stereocenters. The lowest BCUT2D eigenvalue weighted by atomic mass is 9.93. The summed E-state index contributed by atoms with van der Waals surface area (Å²) < 4.78 is 5.33. The summed E-state index contributed by atoms with van der Waals surface area (Å²) >= 11 is 0. The van der Waals surface area contributed by atoms with Crippen LogP contribution in [0.25, 0.3) is 0 Å². The lowest BCUT2D eigenvalue weighted by Crippen LogP contribution is -2.46. The number of hydrogen-bond acceptors (Lipinski definition) is 4. The van der Waals surface area contributed by atoms with E-state index < -0.39 is 5.60 Å². The SMILES string of the molecule is CC[C@H](N)c1ccccc1N(C)CC1(O)CCOCC1. The molecule has 4 heteroatoms. The van der Waals surface area contributed by atoms with Crippen molar-refractivity contribution in [1.29, 1.82) is 0 Å². The zero-order valence-corrected chi connectivity index (χ0v) is 12.5. The molecule has 2 rings (SSSR count). The van der Waals surface area contributed by atoms with E-state index in [1.165, 1.54) is 0 Å². The number of hydrogen-bond donors (Lipinski definition) is 2. The van der Waals surface area contributed by atoms with Gasteiger partial charge in [-0.25, -0.2) is 0 Å². The molecule has 0 radical (unpaired) electrons. The van der Waals surface area contributed by atoms with Gasteiger partial charge in [0.2, 0.25) is 0 Å². The quantitative estimate of drug-likeness (QED) is 0.865. The third-order valence-corrected chi connectivity index (χ3v) is 4.14. The van der Waals surface area contributed by atoms with E-state index in [0.717, 1.165) is 17.7 Å². The van der Waals surface area contributed by atoms with E-state index in [-0.39, 0.29) is 6.04 Å². The summed E-state index contributed by atoms with van der Waals surface area (Å²) in [6, 6.07) is 8.23. The second kappa shape index (κ2) is 6.57. The number of rotatable bonds is 5. The van der Waals surface area contributed by atoms with Crippen LogP contribution in [0.4, 0.5) is 5.69 Å². The number of nitrogens with two attached hydrogens (primary N) is 1. The first kappa shape index (κ1) is 15.3. The summed E-state index contributed by atoms with van der Waals surface area (Å²) in [5.74, 6) is 0. The lowest BCUT2D eigenvalue weighted by Gasteiger charge is -2.37. The molecule has 1 aliphatic rings. The van der Waals surface area contributed by atoms with Gasteiger partial charge >= 0.3 is 0 Å². The van der Waals surface area contributed by atoms with Gasteiger partial charge in [-0.15, -0.1) is 0 Å². The van der Waals surface area contributed by atoms with Crippen LogP contribution in [0.15, 0.2) is 24.3 Å². The summed E-state index contributed by atoms with van der Waals surface area (Å²) in [5, 5.41) is 10.6. The minimum absolute atomic E-state index is 0.0398. The van der Waals surface area contributed by atoms with E-state index in [1.54, 1.807) is 0 Å². The minimum Gasteiger partial charge on any atom is -0.388 e. The molecule has 0 saturated carbocycles. The maximum absolute atomic E-state index is 10.6. The summed E-state index contributed by atoms with van der Waals surface area (Å²) in [4.78, 5) is 2.12. The highest BCUT2D eigenvalue weighted by atomic mass is 16.5. The summed E-state index contributed by atoms with van der Waals surface area (Å²) in [6.45, 7) is 3.98.